The highest BCUT2D eigenvalue weighted by Crippen LogP contribution is 2.38. The van der Waals surface area contributed by atoms with Gasteiger partial charge in [0.2, 0.25) is 0 Å². The number of carboxylic acid groups (broad SMARTS) is 1. The number of aromatic carboxylic acids is 1. The molecule has 2 N–H and O–H groups in total. The van der Waals surface area contributed by atoms with Crippen molar-refractivity contribution in [3.05, 3.63) is 98.8 Å². The largest absolute Gasteiger partial charge is 0.478 e. The van der Waals surface area contributed by atoms with Gasteiger partial charge in [-0.05, 0) is 85.0 Å². The number of aliphatic hydroxyl groups is 1. The van der Waals surface area contributed by atoms with Gasteiger partial charge in [0, 0.05) is 29.0 Å². The molecule has 8 heteroatoms. The minimum absolute atomic E-state index is 0.0975. The molecule has 6 nitrogen and oxygen atoms in total. The molecule has 0 aliphatic carbocycles. The summed E-state index contributed by atoms with van der Waals surface area (Å²) in [5.74, 6) is -0.935. The van der Waals surface area contributed by atoms with E-state index in [-0.39, 0.29) is 24.3 Å². The Bertz CT molecular complexity index is 1150. The molecule has 1 fully saturated rings. The molecule has 0 saturated carbocycles. The maximum atomic E-state index is 11.4. The summed E-state index contributed by atoms with van der Waals surface area (Å²) >= 11 is 12.4. The first kappa shape index (κ1) is 25.6. The number of benzene rings is 2. The molecule has 0 amide bonds. The van der Waals surface area contributed by atoms with Gasteiger partial charge in [-0.2, -0.15) is 0 Å². The monoisotopic (exact) mass is 514 g/mol. The molecule has 0 bridgehead atoms. The minimum atomic E-state index is -0.935. The van der Waals surface area contributed by atoms with Crippen LogP contribution in [0.15, 0.2) is 60.9 Å². The number of pyridine rings is 1. The Labute approximate surface area is 215 Å². The van der Waals surface area contributed by atoms with Gasteiger partial charge in [0.05, 0.1) is 24.3 Å². The molecule has 184 valence electrons. The van der Waals surface area contributed by atoms with E-state index in [2.05, 4.69) is 9.88 Å². The lowest BCUT2D eigenvalue weighted by Gasteiger charge is -2.42. The molecule has 1 aromatic heterocycles. The summed E-state index contributed by atoms with van der Waals surface area (Å²) < 4.78 is 6.54. The van der Waals surface area contributed by atoms with Crippen molar-refractivity contribution in [2.45, 2.75) is 44.6 Å². The fraction of sp³-hybridized carbons (Fsp3) is 0.333. The maximum Gasteiger partial charge on any atom is 0.335 e. The van der Waals surface area contributed by atoms with Crippen molar-refractivity contribution in [2.24, 2.45) is 0 Å². The third-order valence-corrected chi connectivity index (χ3v) is 6.87. The van der Waals surface area contributed by atoms with Crippen molar-refractivity contribution in [1.82, 2.24) is 9.88 Å². The molecule has 2 heterocycles. The molecule has 0 unspecified atom stereocenters. The third-order valence-electron chi connectivity index (χ3n) is 6.43. The van der Waals surface area contributed by atoms with Gasteiger partial charge >= 0.3 is 5.97 Å². The van der Waals surface area contributed by atoms with Crippen molar-refractivity contribution in [2.75, 3.05) is 13.2 Å². The number of halogens is 2. The lowest BCUT2D eigenvalue weighted by molar-refractivity contribution is -0.100. The van der Waals surface area contributed by atoms with Crippen LogP contribution in [-0.2, 0) is 11.3 Å². The highest BCUT2D eigenvalue weighted by molar-refractivity contribution is 6.34. The number of hydrogen-bond acceptors (Lipinski definition) is 5. The Morgan fingerprint density at radius 3 is 2.60 bits per heavy atom. The number of likely N-dealkylation sites (tertiary alicyclic amines) is 1. The molecule has 4 rings (SSSR count). The van der Waals surface area contributed by atoms with Gasteiger partial charge < -0.3 is 14.9 Å². The summed E-state index contributed by atoms with van der Waals surface area (Å²) in [6.45, 7) is 3.22. The first-order valence-electron chi connectivity index (χ1n) is 11.5. The minimum Gasteiger partial charge on any atom is -0.478 e. The fourth-order valence-corrected chi connectivity index (χ4v) is 5.29. The quantitative estimate of drug-likeness (QED) is 0.392. The van der Waals surface area contributed by atoms with E-state index in [1.54, 1.807) is 36.5 Å². The molecule has 1 aliphatic heterocycles. The number of ether oxygens (including phenoxy) is 1. The van der Waals surface area contributed by atoms with Crippen LogP contribution in [-0.4, -0.2) is 45.3 Å². The summed E-state index contributed by atoms with van der Waals surface area (Å²) in [5.41, 5.74) is 4.02. The van der Waals surface area contributed by atoms with E-state index in [0.717, 1.165) is 41.6 Å². The second-order valence-corrected chi connectivity index (χ2v) is 9.71. The Kier molecular flexibility index (Phi) is 8.42. The molecular formula is C27H28Cl2N2O4. The van der Waals surface area contributed by atoms with E-state index in [1.165, 1.54) is 0 Å². The molecule has 35 heavy (non-hydrogen) atoms. The smallest absolute Gasteiger partial charge is 0.335 e. The summed E-state index contributed by atoms with van der Waals surface area (Å²) in [5, 5.41) is 20.5. The van der Waals surface area contributed by atoms with Crippen LogP contribution in [0.5, 0.6) is 0 Å². The van der Waals surface area contributed by atoms with E-state index >= 15 is 0 Å². The van der Waals surface area contributed by atoms with Crippen molar-refractivity contribution in [1.29, 1.82) is 0 Å². The molecule has 2 aromatic carbocycles. The zero-order valence-electron chi connectivity index (χ0n) is 19.4. The summed E-state index contributed by atoms with van der Waals surface area (Å²) in [4.78, 5) is 18.0. The second kappa shape index (κ2) is 11.5. The number of carbonyl (C=O) groups is 1. The van der Waals surface area contributed by atoms with E-state index in [4.69, 9.17) is 27.9 Å². The third kappa shape index (κ3) is 6.21. The van der Waals surface area contributed by atoms with Crippen LogP contribution in [0.3, 0.4) is 0 Å². The van der Waals surface area contributed by atoms with Crippen LogP contribution >= 0.6 is 23.2 Å². The number of nitrogens with zero attached hydrogens (tertiary/aromatic N) is 2. The van der Waals surface area contributed by atoms with Crippen molar-refractivity contribution >= 4 is 29.2 Å². The molecule has 0 spiro atoms. The number of rotatable bonds is 8. The van der Waals surface area contributed by atoms with Crippen molar-refractivity contribution in [3.63, 3.8) is 0 Å². The van der Waals surface area contributed by atoms with Gasteiger partial charge in [0.15, 0.2) is 0 Å². The van der Waals surface area contributed by atoms with Gasteiger partial charge in [-0.15, -0.1) is 0 Å². The standard InChI is InChI=1S/C27H28Cl2N2O4/c1-17-10-18(27(33)34)6-7-20(17)15-31-9-3-5-24(26(31)19-4-2-8-30-14-19)35-25(16-32)21-11-22(28)13-23(29)12-21/h2,4,6-8,10-14,24-26,32H,3,5,9,15-16H2,1H3,(H,33,34)/t24-,25+,26-/m0/s1. The van der Waals surface area contributed by atoms with Crippen molar-refractivity contribution < 1.29 is 19.7 Å². The van der Waals surface area contributed by atoms with Crippen molar-refractivity contribution in [3.8, 4) is 0 Å². The Hall–Kier alpha value is -2.48. The van der Waals surface area contributed by atoms with Crippen LogP contribution in [0.4, 0.5) is 0 Å². The fourth-order valence-electron chi connectivity index (χ4n) is 4.75. The predicted molar refractivity (Wildman–Crippen MR) is 136 cm³/mol. The van der Waals surface area contributed by atoms with Crippen LogP contribution < -0.4 is 0 Å². The zero-order valence-corrected chi connectivity index (χ0v) is 20.9. The lowest BCUT2D eigenvalue weighted by atomic mass is 9.91. The Morgan fingerprint density at radius 1 is 1.20 bits per heavy atom. The van der Waals surface area contributed by atoms with Gasteiger partial charge in [0.25, 0.3) is 0 Å². The van der Waals surface area contributed by atoms with Crippen LogP contribution in [0.2, 0.25) is 10.0 Å². The van der Waals surface area contributed by atoms with Gasteiger partial charge in [0.1, 0.15) is 6.10 Å². The van der Waals surface area contributed by atoms with Gasteiger partial charge in [-0.1, -0.05) is 35.3 Å². The highest BCUT2D eigenvalue weighted by Gasteiger charge is 2.35. The topological polar surface area (TPSA) is 82.9 Å². The molecule has 3 atom stereocenters. The predicted octanol–water partition coefficient (Wildman–Crippen LogP) is 5.85. The van der Waals surface area contributed by atoms with E-state index < -0.39 is 12.1 Å². The number of carboxylic acids is 1. The second-order valence-electron chi connectivity index (χ2n) is 8.84. The molecule has 3 aromatic rings. The number of piperidine rings is 1. The highest BCUT2D eigenvalue weighted by atomic mass is 35.5. The number of aliphatic hydroxyl groups excluding tert-OH is 1. The molecule has 1 saturated heterocycles. The van der Waals surface area contributed by atoms with E-state index in [9.17, 15) is 15.0 Å². The first-order chi connectivity index (χ1) is 16.9. The van der Waals surface area contributed by atoms with E-state index in [1.807, 2.05) is 31.3 Å². The summed E-state index contributed by atoms with van der Waals surface area (Å²) in [6.07, 6.45) is 4.55. The van der Waals surface area contributed by atoms with Crippen LogP contribution in [0, 0.1) is 6.92 Å². The summed E-state index contributed by atoms with van der Waals surface area (Å²) in [7, 11) is 0. The Morgan fingerprint density at radius 2 is 1.97 bits per heavy atom. The molecular weight excluding hydrogens is 487 g/mol. The molecule has 1 aliphatic rings. The van der Waals surface area contributed by atoms with Gasteiger partial charge in [-0.3, -0.25) is 9.88 Å². The average molecular weight is 515 g/mol. The average Bonchev–Trinajstić information content (AvgIpc) is 2.83. The van der Waals surface area contributed by atoms with E-state index in [0.29, 0.717) is 16.6 Å². The summed E-state index contributed by atoms with van der Waals surface area (Å²) in [6, 6.07) is 14.3. The number of aromatic nitrogens is 1. The normalized spacial score (nSPS) is 19.4. The first-order valence-corrected chi connectivity index (χ1v) is 12.3. The number of aryl methyl sites for hydroxylation is 1. The van der Waals surface area contributed by atoms with Crippen LogP contribution in [0.25, 0.3) is 0 Å². The SMILES string of the molecule is Cc1cc(C(=O)O)ccc1CN1CCC[C@H](O[C@H](CO)c2cc(Cl)cc(Cl)c2)[C@@H]1c1cccnc1. The number of hydrogen-bond donors (Lipinski definition) is 2. The maximum absolute atomic E-state index is 11.4. The molecule has 0 radical (unpaired) electrons. The zero-order chi connectivity index (χ0) is 24.9. The van der Waals surface area contributed by atoms with Crippen LogP contribution in [0.1, 0.15) is 57.6 Å². The van der Waals surface area contributed by atoms with Gasteiger partial charge in [-0.25, -0.2) is 4.79 Å². The lowest BCUT2D eigenvalue weighted by Crippen LogP contribution is -2.43. The Balaban J connectivity index is 1.63.